The molecule has 2 aromatic rings. The predicted molar refractivity (Wildman–Crippen MR) is 66.5 cm³/mol. The maximum absolute atomic E-state index is 9.83. The summed E-state index contributed by atoms with van der Waals surface area (Å²) in [6, 6.07) is 5.08. The van der Waals surface area contributed by atoms with Gasteiger partial charge in [-0.3, -0.25) is 0 Å². The SMILES string of the molecule is C=CC(O)c1cc(Cl)ccc1-n1cc(Cl)nn1. The van der Waals surface area contributed by atoms with E-state index in [0.717, 1.165) is 0 Å². The van der Waals surface area contributed by atoms with Gasteiger partial charge in [-0.15, -0.1) is 11.7 Å². The van der Waals surface area contributed by atoms with Crippen molar-refractivity contribution in [3.63, 3.8) is 0 Å². The van der Waals surface area contributed by atoms with Crippen LogP contribution >= 0.6 is 23.2 Å². The van der Waals surface area contributed by atoms with Gasteiger partial charge in [-0.1, -0.05) is 34.5 Å². The molecule has 0 radical (unpaired) electrons. The maximum atomic E-state index is 9.83. The van der Waals surface area contributed by atoms with E-state index in [1.54, 1.807) is 24.4 Å². The van der Waals surface area contributed by atoms with Crippen molar-refractivity contribution in [3.05, 3.63) is 52.8 Å². The van der Waals surface area contributed by atoms with Crippen molar-refractivity contribution in [2.24, 2.45) is 0 Å². The van der Waals surface area contributed by atoms with Crippen LogP contribution in [0.1, 0.15) is 11.7 Å². The summed E-state index contributed by atoms with van der Waals surface area (Å²) in [6.07, 6.45) is 2.13. The number of hydrogen-bond acceptors (Lipinski definition) is 3. The highest BCUT2D eigenvalue weighted by Crippen LogP contribution is 2.26. The number of aromatic nitrogens is 3. The molecule has 2 rings (SSSR count). The molecule has 0 amide bonds. The van der Waals surface area contributed by atoms with Crippen LogP contribution in [0.2, 0.25) is 10.2 Å². The molecule has 0 saturated carbocycles. The first-order valence-corrected chi connectivity index (χ1v) is 5.55. The highest BCUT2D eigenvalue weighted by Gasteiger charge is 2.13. The average molecular weight is 270 g/mol. The minimum Gasteiger partial charge on any atom is -0.384 e. The standard InChI is InChI=1S/C11H9Cl2N3O/c1-2-10(17)8-5-7(12)3-4-9(8)16-6-11(13)14-15-16/h2-6,10,17H,1H2. The molecule has 1 atom stereocenters. The van der Waals surface area contributed by atoms with Gasteiger partial charge in [-0.2, -0.15) is 0 Å². The first-order chi connectivity index (χ1) is 8.11. The Kier molecular flexibility index (Phi) is 3.47. The second-order valence-corrected chi connectivity index (χ2v) is 4.19. The molecule has 17 heavy (non-hydrogen) atoms. The van der Waals surface area contributed by atoms with Crippen LogP contribution in [0.3, 0.4) is 0 Å². The van der Waals surface area contributed by atoms with Crippen molar-refractivity contribution in [2.45, 2.75) is 6.10 Å². The third-order valence-electron chi connectivity index (χ3n) is 2.24. The quantitative estimate of drug-likeness (QED) is 0.872. The molecule has 0 aliphatic carbocycles. The molecular formula is C11H9Cl2N3O. The Morgan fingerprint density at radius 3 is 2.76 bits per heavy atom. The van der Waals surface area contributed by atoms with Crippen LogP contribution in [0.15, 0.2) is 37.1 Å². The van der Waals surface area contributed by atoms with Gasteiger partial charge in [-0.25, -0.2) is 4.68 Å². The van der Waals surface area contributed by atoms with Gasteiger partial charge in [0.1, 0.15) is 0 Å². The van der Waals surface area contributed by atoms with Gasteiger partial charge < -0.3 is 5.11 Å². The van der Waals surface area contributed by atoms with Crippen LogP contribution in [0.5, 0.6) is 0 Å². The van der Waals surface area contributed by atoms with E-state index in [1.807, 2.05) is 0 Å². The molecule has 0 aliphatic heterocycles. The first-order valence-electron chi connectivity index (χ1n) is 4.80. The fourth-order valence-electron chi connectivity index (χ4n) is 1.46. The van der Waals surface area contributed by atoms with Gasteiger partial charge in [0.15, 0.2) is 5.15 Å². The fourth-order valence-corrected chi connectivity index (χ4v) is 1.77. The second kappa shape index (κ2) is 4.87. The lowest BCUT2D eigenvalue weighted by Crippen LogP contribution is -2.04. The molecule has 88 valence electrons. The minimum absolute atomic E-state index is 0.277. The fraction of sp³-hybridized carbons (Fsp3) is 0.0909. The van der Waals surface area contributed by atoms with E-state index in [9.17, 15) is 5.11 Å². The molecule has 1 heterocycles. The molecule has 0 aliphatic rings. The topological polar surface area (TPSA) is 50.9 Å². The molecule has 0 spiro atoms. The number of aliphatic hydroxyl groups excluding tert-OH is 1. The zero-order valence-corrected chi connectivity index (χ0v) is 10.2. The Morgan fingerprint density at radius 1 is 1.41 bits per heavy atom. The van der Waals surface area contributed by atoms with E-state index >= 15 is 0 Å². The first kappa shape index (κ1) is 12.1. The van der Waals surface area contributed by atoms with E-state index in [1.165, 1.54) is 10.8 Å². The summed E-state index contributed by atoms with van der Waals surface area (Å²) in [6.45, 7) is 3.54. The second-order valence-electron chi connectivity index (χ2n) is 3.37. The van der Waals surface area contributed by atoms with Gasteiger partial charge in [0.05, 0.1) is 18.0 Å². The predicted octanol–water partition coefficient (Wildman–Crippen LogP) is 2.79. The number of benzene rings is 1. The van der Waals surface area contributed by atoms with Crippen molar-refractivity contribution in [2.75, 3.05) is 0 Å². The highest BCUT2D eigenvalue weighted by atomic mass is 35.5. The normalized spacial score (nSPS) is 12.4. The number of halogens is 2. The smallest absolute Gasteiger partial charge is 0.171 e. The van der Waals surface area contributed by atoms with Crippen LogP contribution in [0.25, 0.3) is 5.69 Å². The Balaban J connectivity index is 2.56. The van der Waals surface area contributed by atoms with Crippen molar-refractivity contribution in [1.82, 2.24) is 15.0 Å². The van der Waals surface area contributed by atoms with E-state index in [2.05, 4.69) is 16.9 Å². The summed E-state index contributed by atoms with van der Waals surface area (Å²) in [5, 5.41) is 18.2. The molecule has 1 aromatic heterocycles. The number of hydrogen-bond donors (Lipinski definition) is 1. The minimum atomic E-state index is -0.827. The van der Waals surface area contributed by atoms with Crippen LogP contribution < -0.4 is 0 Å². The van der Waals surface area contributed by atoms with E-state index in [4.69, 9.17) is 23.2 Å². The Bertz CT molecular complexity index is 553. The number of rotatable bonds is 3. The average Bonchev–Trinajstić information content (AvgIpc) is 2.74. The van der Waals surface area contributed by atoms with Crippen LogP contribution in [-0.2, 0) is 0 Å². The molecule has 1 aromatic carbocycles. The zero-order chi connectivity index (χ0) is 12.4. The highest BCUT2D eigenvalue weighted by molar-refractivity contribution is 6.30. The van der Waals surface area contributed by atoms with E-state index in [0.29, 0.717) is 16.3 Å². The van der Waals surface area contributed by atoms with Gasteiger partial charge in [-0.05, 0) is 18.2 Å². The number of aliphatic hydroxyl groups is 1. The van der Waals surface area contributed by atoms with E-state index < -0.39 is 6.10 Å². The van der Waals surface area contributed by atoms with Gasteiger partial charge in [0, 0.05) is 10.6 Å². The van der Waals surface area contributed by atoms with Gasteiger partial charge in [0.25, 0.3) is 0 Å². The van der Waals surface area contributed by atoms with Crippen LogP contribution in [0, 0.1) is 0 Å². The van der Waals surface area contributed by atoms with Crippen molar-refractivity contribution >= 4 is 23.2 Å². The Labute approximate surface area is 108 Å². The lowest BCUT2D eigenvalue weighted by atomic mass is 10.1. The van der Waals surface area contributed by atoms with Crippen molar-refractivity contribution < 1.29 is 5.11 Å². The Morgan fingerprint density at radius 2 is 2.18 bits per heavy atom. The van der Waals surface area contributed by atoms with Gasteiger partial charge >= 0.3 is 0 Å². The third-order valence-corrected chi connectivity index (χ3v) is 2.65. The molecule has 0 fully saturated rings. The Hall–Kier alpha value is -1.36. The lowest BCUT2D eigenvalue weighted by Gasteiger charge is -2.12. The van der Waals surface area contributed by atoms with E-state index in [-0.39, 0.29) is 5.15 Å². The zero-order valence-electron chi connectivity index (χ0n) is 8.72. The third kappa shape index (κ3) is 2.49. The summed E-state index contributed by atoms with van der Waals surface area (Å²) < 4.78 is 1.47. The molecule has 6 heteroatoms. The van der Waals surface area contributed by atoms with Crippen molar-refractivity contribution in [3.8, 4) is 5.69 Å². The molecular weight excluding hydrogens is 261 g/mol. The summed E-state index contributed by atoms with van der Waals surface area (Å²) in [7, 11) is 0. The molecule has 0 saturated heterocycles. The largest absolute Gasteiger partial charge is 0.384 e. The molecule has 1 N–H and O–H groups in total. The molecule has 4 nitrogen and oxygen atoms in total. The van der Waals surface area contributed by atoms with Crippen LogP contribution in [-0.4, -0.2) is 20.1 Å². The lowest BCUT2D eigenvalue weighted by molar-refractivity contribution is 0.228. The summed E-state index contributed by atoms with van der Waals surface area (Å²) >= 11 is 11.6. The monoisotopic (exact) mass is 269 g/mol. The summed E-state index contributed by atoms with van der Waals surface area (Å²) in [5.41, 5.74) is 1.25. The van der Waals surface area contributed by atoms with Gasteiger partial charge in [0.2, 0.25) is 0 Å². The number of nitrogens with zero attached hydrogens (tertiary/aromatic N) is 3. The summed E-state index contributed by atoms with van der Waals surface area (Å²) in [5.74, 6) is 0. The summed E-state index contributed by atoms with van der Waals surface area (Å²) in [4.78, 5) is 0. The van der Waals surface area contributed by atoms with Crippen LogP contribution in [0.4, 0.5) is 0 Å². The maximum Gasteiger partial charge on any atom is 0.171 e. The molecule has 1 unspecified atom stereocenters. The molecule has 0 bridgehead atoms. The van der Waals surface area contributed by atoms with Crippen molar-refractivity contribution in [1.29, 1.82) is 0 Å².